The second kappa shape index (κ2) is 7.09. The average Bonchev–Trinajstić information content (AvgIpc) is 3.15. The molecule has 3 aromatic rings. The lowest BCUT2D eigenvalue weighted by Crippen LogP contribution is -2.40. The molecule has 26 heavy (non-hydrogen) atoms. The summed E-state index contributed by atoms with van der Waals surface area (Å²) in [6.07, 6.45) is 0. The molecule has 0 saturated carbocycles. The maximum Gasteiger partial charge on any atom is 0.254 e. The number of aromatic nitrogens is 2. The van der Waals surface area contributed by atoms with Crippen LogP contribution in [-0.2, 0) is 4.74 Å². The molecule has 0 spiro atoms. The molecular weight excluding hydrogens is 330 g/mol. The number of carbonyl (C=O) groups excluding carboxylic acids is 1. The maximum atomic E-state index is 12.5. The smallest absolute Gasteiger partial charge is 0.254 e. The van der Waals surface area contributed by atoms with Crippen molar-refractivity contribution in [2.24, 2.45) is 0 Å². The lowest BCUT2D eigenvalue weighted by Gasteiger charge is -2.26. The molecule has 1 amide bonds. The molecule has 0 atom stereocenters. The van der Waals surface area contributed by atoms with Crippen LogP contribution in [0, 0.1) is 6.92 Å². The van der Waals surface area contributed by atoms with E-state index in [9.17, 15) is 4.79 Å². The summed E-state index contributed by atoms with van der Waals surface area (Å²) in [5.74, 6) is 1.12. The number of carbonyl (C=O) groups is 1. The molecule has 1 aliphatic rings. The number of ether oxygens (including phenoxy) is 1. The van der Waals surface area contributed by atoms with Gasteiger partial charge in [0.2, 0.25) is 11.8 Å². The number of hydrogen-bond donors (Lipinski definition) is 0. The number of morpholine rings is 1. The van der Waals surface area contributed by atoms with E-state index in [1.165, 1.54) is 0 Å². The summed E-state index contributed by atoms with van der Waals surface area (Å²) in [6.45, 7) is 4.28. The van der Waals surface area contributed by atoms with Gasteiger partial charge in [0.05, 0.1) is 13.2 Å². The minimum atomic E-state index is 0.0574. The Morgan fingerprint density at radius 1 is 0.885 bits per heavy atom. The summed E-state index contributed by atoms with van der Waals surface area (Å²) < 4.78 is 10.7. The van der Waals surface area contributed by atoms with Crippen LogP contribution in [0.3, 0.4) is 0 Å². The van der Waals surface area contributed by atoms with Gasteiger partial charge in [-0.2, -0.15) is 0 Å². The molecular formula is C20H19N3O3. The monoisotopic (exact) mass is 349 g/mol. The van der Waals surface area contributed by atoms with E-state index in [2.05, 4.69) is 10.2 Å². The van der Waals surface area contributed by atoms with Gasteiger partial charge in [0.15, 0.2) is 0 Å². The van der Waals surface area contributed by atoms with Gasteiger partial charge in [-0.25, -0.2) is 0 Å². The topological polar surface area (TPSA) is 68.5 Å². The molecule has 2 aromatic carbocycles. The third kappa shape index (κ3) is 3.36. The van der Waals surface area contributed by atoms with Crippen molar-refractivity contribution in [2.75, 3.05) is 26.3 Å². The number of amides is 1. The van der Waals surface area contributed by atoms with E-state index in [0.29, 0.717) is 43.6 Å². The van der Waals surface area contributed by atoms with Crippen molar-refractivity contribution in [3.63, 3.8) is 0 Å². The zero-order chi connectivity index (χ0) is 17.9. The Kier molecular flexibility index (Phi) is 4.50. The molecule has 6 nitrogen and oxygen atoms in total. The van der Waals surface area contributed by atoms with Crippen LogP contribution >= 0.6 is 0 Å². The van der Waals surface area contributed by atoms with E-state index >= 15 is 0 Å². The van der Waals surface area contributed by atoms with Crippen molar-refractivity contribution >= 4 is 5.91 Å². The molecule has 0 radical (unpaired) electrons. The van der Waals surface area contributed by atoms with Crippen molar-refractivity contribution in [2.45, 2.75) is 6.92 Å². The highest BCUT2D eigenvalue weighted by atomic mass is 16.5. The molecule has 1 fully saturated rings. The Labute approximate surface area is 151 Å². The van der Waals surface area contributed by atoms with Crippen molar-refractivity contribution in [3.8, 4) is 22.6 Å². The van der Waals surface area contributed by atoms with Crippen LogP contribution in [-0.4, -0.2) is 47.3 Å². The Bertz CT molecular complexity index is 895. The Balaban J connectivity index is 1.50. The van der Waals surface area contributed by atoms with Crippen LogP contribution in [0.4, 0.5) is 0 Å². The molecule has 132 valence electrons. The Hall–Kier alpha value is -2.99. The molecule has 0 bridgehead atoms. The SMILES string of the molecule is Cc1nnc(-c2ccc(-c3ccc(C(=O)N4CCOCC4)cc3)cc2)o1. The summed E-state index contributed by atoms with van der Waals surface area (Å²) in [6, 6.07) is 15.6. The molecule has 1 aliphatic heterocycles. The maximum absolute atomic E-state index is 12.5. The zero-order valence-corrected chi connectivity index (χ0v) is 14.5. The average molecular weight is 349 g/mol. The van der Waals surface area contributed by atoms with Crippen LogP contribution < -0.4 is 0 Å². The third-order valence-corrected chi connectivity index (χ3v) is 4.42. The largest absolute Gasteiger partial charge is 0.421 e. The number of benzene rings is 2. The first-order valence-electron chi connectivity index (χ1n) is 8.59. The molecule has 4 rings (SSSR count). The van der Waals surface area contributed by atoms with E-state index in [1.54, 1.807) is 6.92 Å². The van der Waals surface area contributed by atoms with Crippen LogP contribution in [0.2, 0.25) is 0 Å². The first kappa shape index (κ1) is 16.5. The zero-order valence-electron chi connectivity index (χ0n) is 14.5. The lowest BCUT2D eigenvalue weighted by molar-refractivity contribution is 0.0303. The minimum absolute atomic E-state index is 0.0574. The van der Waals surface area contributed by atoms with E-state index in [0.717, 1.165) is 16.7 Å². The van der Waals surface area contributed by atoms with E-state index in [-0.39, 0.29) is 5.91 Å². The standard InChI is InChI=1S/C20H19N3O3/c1-14-21-22-19(26-14)17-6-2-15(3-7-17)16-4-8-18(9-5-16)20(24)23-10-12-25-13-11-23/h2-9H,10-13H2,1H3. The highest BCUT2D eigenvalue weighted by molar-refractivity contribution is 5.94. The summed E-state index contributed by atoms with van der Waals surface area (Å²) in [7, 11) is 0. The van der Waals surface area contributed by atoms with E-state index in [1.807, 2.05) is 53.4 Å². The van der Waals surface area contributed by atoms with Crippen molar-refractivity contribution in [3.05, 3.63) is 60.0 Å². The molecule has 1 saturated heterocycles. The summed E-state index contributed by atoms with van der Waals surface area (Å²) >= 11 is 0. The van der Waals surface area contributed by atoms with E-state index in [4.69, 9.17) is 9.15 Å². The van der Waals surface area contributed by atoms with Crippen molar-refractivity contribution in [1.82, 2.24) is 15.1 Å². The second-order valence-electron chi connectivity index (χ2n) is 6.19. The summed E-state index contributed by atoms with van der Waals surface area (Å²) in [5.41, 5.74) is 3.70. The second-order valence-corrected chi connectivity index (χ2v) is 6.19. The number of hydrogen-bond acceptors (Lipinski definition) is 5. The first-order chi connectivity index (χ1) is 12.7. The highest BCUT2D eigenvalue weighted by Gasteiger charge is 2.18. The molecule has 0 N–H and O–H groups in total. The van der Waals surface area contributed by atoms with Crippen LogP contribution in [0.1, 0.15) is 16.2 Å². The van der Waals surface area contributed by atoms with Crippen LogP contribution in [0.5, 0.6) is 0 Å². The Morgan fingerprint density at radius 3 is 2.04 bits per heavy atom. The molecule has 0 unspecified atom stereocenters. The lowest BCUT2D eigenvalue weighted by atomic mass is 10.0. The van der Waals surface area contributed by atoms with Gasteiger partial charge >= 0.3 is 0 Å². The van der Waals surface area contributed by atoms with Gasteiger partial charge in [0.25, 0.3) is 5.91 Å². The van der Waals surface area contributed by atoms with Crippen LogP contribution in [0.25, 0.3) is 22.6 Å². The number of aryl methyl sites for hydroxylation is 1. The predicted octanol–water partition coefficient (Wildman–Crippen LogP) is 3.18. The molecule has 1 aromatic heterocycles. The molecule has 2 heterocycles. The van der Waals surface area contributed by atoms with Crippen molar-refractivity contribution < 1.29 is 13.9 Å². The molecule has 0 aliphatic carbocycles. The fourth-order valence-electron chi connectivity index (χ4n) is 2.97. The van der Waals surface area contributed by atoms with E-state index < -0.39 is 0 Å². The quantitative estimate of drug-likeness (QED) is 0.726. The fourth-order valence-corrected chi connectivity index (χ4v) is 2.97. The van der Waals surface area contributed by atoms with Crippen LogP contribution in [0.15, 0.2) is 52.9 Å². The van der Waals surface area contributed by atoms with Crippen molar-refractivity contribution in [1.29, 1.82) is 0 Å². The van der Waals surface area contributed by atoms with Gasteiger partial charge in [-0.3, -0.25) is 4.79 Å². The molecule has 6 heteroatoms. The van der Waals surface area contributed by atoms with Gasteiger partial charge in [-0.05, 0) is 35.4 Å². The predicted molar refractivity (Wildman–Crippen MR) is 96.6 cm³/mol. The third-order valence-electron chi connectivity index (χ3n) is 4.42. The fraction of sp³-hybridized carbons (Fsp3) is 0.250. The number of nitrogens with zero attached hydrogens (tertiary/aromatic N) is 3. The van der Waals surface area contributed by atoms with Gasteiger partial charge < -0.3 is 14.1 Å². The minimum Gasteiger partial charge on any atom is -0.421 e. The first-order valence-corrected chi connectivity index (χ1v) is 8.59. The Morgan fingerprint density at radius 2 is 1.46 bits per heavy atom. The van der Waals surface area contributed by atoms with Gasteiger partial charge in [0.1, 0.15) is 0 Å². The normalized spacial score (nSPS) is 14.4. The van der Waals surface area contributed by atoms with Gasteiger partial charge in [-0.15, -0.1) is 10.2 Å². The van der Waals surface area contributed by atoms with Gasteiger partial charge in [-0.1, -0.05) is 24.3 Å². The van der Waals surface area contributed by atoms with Gasteiger partial charge in [0, 0.05) is 31.1 Å². The highest BCUT2D eigenvalue weighted by Crippen LogP contribution is 2.24. The summed E-state index contributed by atoms with van der Waals surface area (Å²) in [5, 5.41) is 7.87. The summed E-state index contributed by atoms with van der Waals surface area (Å²) in [4.78, 5) is 14.3. The number of rotatable bonds is 3.